The minimum Gasteiger partial charge on any atom is -0.304 e. The predicted octanol–water partition coefficient (Wildman–Crippen LogP) is 2.87. The number of hydrogen-bond donors (Lipinski definition) is 0. The normalized spacial score (nSPS) is 16.7. The fourth-order valence-electron chi connectivity index (χ4n) is 1.71. The first-order valence-corrected chi connectivity index (χ1v) is 4.85. The highest BCUT2D eigenvalue weighted by atomic mass is 35.5. The first-order chi connectivity index (χ1) is 6.34. The van der Waals surface area contributed by atoms with Gasteiger partial charge in [-0.25, -0.2) is 4.98 Å². The Morgan fingerprint density at radius 3 is 3.00 bits per heavy atom. The van der Waals surface area contributed by atoms with Crippen molar-refractivity contribution >= 4 is 17.2 Å². The molecular formula is C10H9ClN2. The van der Waals surface area contributed by atoms with Gasteiger partial charge in [0.1, 0.15) is 5.65 Å². The van der Waals surface area contributed by atoms with Gasteiger partial charge in [-0.3, -0.25) is 0 Å². The number of imidazole rings is 1. The van der Waals surface area contributed by atoms with Crippen LogP contribution in [0, 0.1) is 0 Å². The number of halogens is 1. The van der Waals surface area contributed by atoms with Gasteiger partial charge in [0.25, 0.3) is 0 Å². The minimum absolute atomic E-state index is 0.704. The molecule has 2 aromatic rings. The van der Waals surface area contributed by atoms with E-state index in [1.807, 2.05) is 24.5 Å². The maximum absolute atomic E-state index is 6.00. The van der Waals surface area contributed by atoms with Gasteiger partial charge in [0.05, 0.1) is 0 Å². The van der Waals surface area contributed by atoms with Gasteiger partial charge in [0, 0.05) is 29.2 Å². The van der Waals surface area contributed by atoms with E-state index >= 15 is 0 Å². The standard InChI is InChI=1S/C10H9ClN2/c11-8-5-9(7-1-2-7)13-4-3-12-10(13)6-8/h3-7H,1-2H2. The molecule has 3 rings (SSSR count). The van der Waals surface area contributed by atoms with Crippen molar-refractivity contribution in [3.8, 4) is 0 Å². The van der Waals surface area contributed by atoms with Crippen LogP contribution in [-0.4, -0.2) is 9.38 Å². The molecule has 0 atom stereocenters. The SMILES string of the molecule is Clc1cc(C2CC2)n2ccnc2c1. The molecule has 0 N–H and O–H groups in total. The summed E-state index contributed by atoms with van der Waals surface area (Å²) in [5, 5.41) is 0.792. The summed E-state index contributed by atoms with van der Waals surface area (Å²) >= 11 is 6.00. The molecular weight excluding hydrogens is 184 g/mol. The lowest BCUT2D eigenvalue weighted by molar-refractivity contribution is 0.968. The van der Waals surface area contributed by atoms with E-state index in [0.717, 1.165) is 10.7 Å². The van der Waals surface area contributed by atoms with E-state index in [1.54, 1.807) is 0 Å². The molecule has 0 aromatic carbocycles. The van der Waals surface area contributed by atoms with Crippen LogP contribution in [0.2, 0.25) is 5.02 Å². The molecule has 2 aromatic heterocycles. The second-order valence-corrected chi connectivity index (χ2v) is 3.96. The topological polar surface area (TPSA) is 17.3 Å². The lowest BCUT2D eigenvalue weighted by Crippen LogP contribution is -1.93. The van der Waals surface area contributed by atoms with Gasteiger partial charge in [-0.05, 0) is 24.8 Å². The molecule has 0 bridgehead atoms. The van der Waals surface area contributed by atoms with Crippen molar-refractivity contribution < 1.29 is 0 Å². The lowest BCUT2D eigenvalue weighted by Gasteiger charge is -2.03. The second-order valence-electron chi connectivity index (χ2n) is 3.53. The summed E-state index contributed by atoms with van der Waals surface area (Å²) in [6.07, 6.45) is 6.39. The maximum atomic E-state index is 6.00. The van der Waals surface area contributed by atoms with E-state index in [1.165, 1.54) is 18.5 Å². The largest absolute Gasteiger partial charge is 0.304 e. The van der Waals surface area contributed by atoms with Crippen LogP contribution >= 0.6 is 11.6 Å². The third-order valence-electron chi connectivity index (χ3n) is 2.50. The zero-order valence-electron chi connectivity index (χ0n) is 7.07. The molecule has 3 heteroatoms. The summed E-state index contributed by atoms with van der Waals surface area (Å²) < 4.78 is 2.13. The number of hydrogen-bond acceptors (Lipinski definition) is 1. The van der Waals surface area contributed by atoms with Crippen molar-refractivity contribution in [1.29, 1.82) is 0 Å². The number of nitrogens with zero attached hydrogens (tertiary/aromatic N) is 2. The van der Waals surface area contributed by atoms with E-state index in [9.17, 15) is 0 Å². The summed E-state index contributed by atoms with van der Waals surface area (Å²) in [5.41, 5.74) is 2.26. The van der Waals surface area contributed by atoms with Crippen LogP contribution in [0.5, 0.6) is 0 Å². The molecule has 0 unspecified atom stereocenters. The summed E-state index contributed by atoms with van der Waals surface area (Å²) in [5.74, 6) is 0.704. The molecule has 1 fully saturated rings. The summed E-state index contributed by atoms with van der Waals surface area (Å²) in [7, 11) is 0. The Hall–Kier alpha value is -1.02. The van der Waals surface area contributed by atoms with Crippen LogP contribution in [0.4, 0.5) is 0 Å². The molecule has 1 aliphatic carbocycles. The molecule has 0 saturated heterocycles. The highest BCUT2D eigenvalue weighted by Crippen LogP contribution is 2.40. The lowest BCUT2D eigenvalue weighted by atomic mass is 10.2. The Bertz CT molecular complexity index is 457. The highest BCUT2D eigenvalue weighted by molar-refractivity contribution is 6.30. The van der Waals surface area contributed by atoms with Crippen LogP contribution < -0.4 is 0 Å². The second kappa shape index (κ2) is 2.48. The molecule has 0 aliphatic heterocycles. The van der Waals surface area contributed by atoms with Gasteiger partial charge in [-0.1, -0.05) is 11.6 Å². The van der Waals surface area contributed by atoms with Gasteiger partial charge in [0.15, 0.2) is 0 Å². The van der Waals surface area contributed by atoms with E-state index in [2.05, 4.69) is 9.38 Å². The Morgan fingerprint density at radius 2 is 2.23 bits per heavy atom. The Morgan fingerprint density at radius 1 is 1.38 bits per heavy atom. The van der Waals surface area contributed by atoms with Crippen molar-refractivity contribution in [2.24, 2.45) is 0 Å². The summed E-state index contributed by atoms with van der Waals surface area (Å²) in [4.78, 5) is 4.23. The molecule has 2 nitrogen and oxygen atoms in total. The predicted molar refractivity (Wildman–Crippen MR) is 52.2 cm³/mol. The molecule has 0 radical (unpaired) electrons. The van der Waals surface area contributed by atoms with Crippen molar-refractivity contribution in [2.75, 3.05) is 0 Å². The molecule has 13 heavy (non-hydrogen) atoms. The number of rotatable bonds is 1. The fourth-order valence-corrected chi connectivity index (χ4v) is 1.92. The van der Waals surface area contributed by atoms with Gasteiger partial charge in [-0.15, -0.1) is 0 Å². The van der Waals surface area contributed by atoms with Gasteiger partial charge >= 0.3 is 0 Å². The average Bonchev–Trinajstić information content (AvgIpc) is 2.84. The van der Waals surface area contributed by atoms with E-state index in [4.69, 9.17) is 11.6 Å². The smallest absolute Gasteiger partial charge is 0.138 e. The van der Waals surface area contributed by atoms with E-state index < -0.39 is 0 Å². The summed E-state index contributed by atoms with van der Waals surface area (Å²) in [6, 6.07) is 3.95. The third kappa shape index (κ3) is 1.13. The van der Waals surface area contributed by atoms with E-state index in [-0.39, 0.29) is 0 Å². The monoisotopic (exact) mass is 192 g/mol. The number of fused-ring (bicyclic) bond motifs is 1. The van der Waals surface area contributed by atoms with Crippen molar-refractivity contribution in [1.82, 2.24) is 9.38 Å². The quantitative estimate of drug-likeness (QED) is 0.679. The van der Waals surface area contributed by atoms with Crippen LogP contribution in [-0.2, 0) is 0 Å². The zero-order chi connectivity index (χ0) is 8.84. The van der Waals surface area contributed by atoms with Crippen molar-refractivity contribution in [2.45, 2.75) is 18.8 Å². The van der Waals surface area contributed by atoms with Crippen LogP contribution in [0.1, 0.15) is 24.5 Å². The molecule has 0 spiro atoms. The highest BCUT2D eigenvalue weighted by Gasteiger charge is 2.26. The summed E-state index contributed by atoms with van der Waals surface area (Å²) in [6.45, 7) is 0. The molecule has 0 amide bonds. The van der Waals surface area contributed by atoms with Crippen LogP contribution in [0.15, 0.2) is 24.5 Å². The third-order valence-corrected chi connectivity index (χ3v) is 2.71. The number of pyridine rings is 1. The van der Waals surface area contributed by atoms with Gasteiger partial charge < -0.3 is 4.40 Å². The van der Waals surface area contributed by atoms with Crippen LogP contribution in [0.25, 0.3) is 5.65 Å². The van der Waals surface area contributed by atoms with Crippen molar-refractivity contribution in [3.05, 3.63) is 35.2 Å². The van der Waals surface area contributed by atoms with Crippen LogP contribution in [0.3, 0.4) is 0 Å². The minimum atomic E-state index is 0.704. The molecule has 66 valence electrons. The number of aromatic nitrogens is 2. The Labute approximate surface area is 81.2 Å². The Kier molecular flexibility index (Phi) is 1.41. The zero-order valence-corrected chi connectivity index (χ0v) is 7.83. The Balaban J connectivity index is 2.33. The van der Waals surface area contributed by atoms with Gasteiger partial charge in [-0.2, -0.15) is 0 Å². The fraction of sp³-hybridized carbons (Fsp3) is 0.300. The molecule has 1 aliphatic rings. The molecule has 1 saturated carbocycles. The first-order valence-electron chi connectivity index (χ1n) is 4.47. The van der Waals surface area contributed by atoms with Gasteiger partial charge in [0.2, 0.25) is 0 Å². The average molecular weight is 193 g/mol. The van der Waals surface area contributed by atoms with Crippen molar-refractivity contribution in [3.63, 3.8) is 0 Å². The maximum Gasteiger partial charge on any atom is 0.138 e. The van der Waals surface area contributed by atoms with E-state index in [0.29, 0.717) is 5.92 Å². The molecule has 2 heterocycles. The first kappa shape index (κ1) is 7.39.